The first-order chi connectivity index (χ1) is 16.1. The monoisotopic (exact) mass is 471 g/mol. The van der Waals surface area contributed by atoms with Crippen LogP contribution in [0.1, 0.15) is 66.2 Å². The van der Waals surface area contributed by atoms with Crippen LogP contribution in [0.2, 0.25) is 0 Å². The second kappa shape index (κ2) is 8.97. The Labute approximate surface area is 201 Å². The molecule has 6 aliphatic rings. The fraction of sp³-hybridized carbons (Fsp3) is 0.769. The molecule has 1 aromatic rings. The second-order valence-electron chi connectivity index (χ2n) is 11.1. The number of thiophene rings is 1. The van der Waals surface area contributed by atoms with Crippen LogP contribution < -0.4 is 5.32 Å². The van der Waals surface area contributed by atoms with Crippen LogP contribution in [-0.4, -0.2) is 67.0 Å². The van der Waals surface area contributed by atoms with Gasteiger partial charge in [-0.05, 0) is 87.5 Å². The van der Waals surface area contributed by atoms with Crippen LogP contribution in [0, 0.1) is 23.7 Å². The van der Waals surface area contributed by atoms with E-state index in [4.69, 9.17) is 4.74 Å². The van der Waals surface area contributed by atoms with Gasteiger partial charge in [-0.3, -0.25) is 14.6 Å². The summed E-state index contributed by atoms with van der Waals surface area (Å²) in [6, 6.07) is 0.800. The molecule has 5 fully saturated rings. The molecule has 2 heterocycles. The third-order valence-electron chi connectivity index (χ3n) is 9.03. The van der Waals surface area contributed by atoms with Crippen LogP contribution in [0.5, 0.6) is 0 Å². The van der Waals surface area contributed by atoms with Gasteiger partial charge in [0.15, 0.2) is 0 Å². The zero-order valence-electron chi connectivity index (χ0n) is 19.8. The minimum Gasteiger partial charge on any atom is -0.462 e. The van der Waals surface area contributed by atoms with Crippen molar-refractivity contribution < 1.29 is 14.3 Å². The molecule has 1 aliphatic heterocycles. The standard InChI is InChI=1S/C26H37N3O3S/c1-2-32-26(31)23-20-4-3-5-21(20)33-25(23)27-22(30)15-28-6-8-29(9-7-28)24-18-11-16-10-17(13-18)14-19(24)12-16/h16-19,24H,2-15H2,1H3,(H,27,30). The number of hydrogen-bond acceptors (Lipinski definition) is 6. The van der Waals surface area contributed by atoms with Crippen LogP contribution >= 0.6 is 11.3 Å². The summed E-state index contributed by atoms with van der Waals surface area (Å²) >= 11 is 1.57. The predicted molar refractivity (Wildman–Crippen MR) is 130 cm³/mol. The van der Waals surface area contributed by atoms with E-state index in [9.17, 15) is 9.59 Å². The maximum atomic E-state index is 12.9. The van der Waals surface area contributed by atoms with E-state index in [-0.39, 0.29) is 11.9 Å². The topological polar surface area (TPSA) is 61.9 Å². The molecule has 0 unspecified atom stereocenters. The van der Waals surface area contributed by atoms with E-state index in [2.05, 4.69) is 15.1 Å². The number of anilines is 1. The number of nitrogens with one attached hydrogen (secondary N) is 1. The van der Waals surface area contributed by atoms with Crippen molar-refractivity contribution >= 4 is 28.2 Å². The summed E-state index contributed by atoms with van der Waals surface area (Å²) in [5.41, 5.74) is 1.70. The van der Waals surface area contributed by atoms with Crippen molar-refractivity contribution in [1.82, 2.24) is 9.80 Å². The summed E-state index contributed by atoms with van der Waals surface area (Å²) in [6.07, 6.45) is 10.4. The Morgan fingerprint density at radius 3 is 2.36 bits per heavy atom. The Bertz CT molecular complexity index is 892. The van der Waals surface area contributed by atoms with Gasteiger partial charge in [0.05, 0.1) is 18.7 Å². The molecule has 4 saturated carbocycles. The number of hydrogen-bond donors (Lipinski definition) is 1. The summed E-state index contributed by atoms with van der Waals surface area (Å²) in [5.74, 6) is 3.59. The second-order valence-corrected chi connectivity index (χ2v) is 12.2. The fourth-order valence-electron chi connectivity index (χ4n) is 7.99. The van der Waals surface area contributed by atoms with E-state index >= 15 is 0 Å². The quantitative estimate of drug-likeness (QED) is 0.640. The lowest BCUT2D eigenvalue weighted by Gasteiger charge is -2.58. The smallest absolute Gasteiger partial charge is 0.341 e. The minimum atomic E-state index is -0.295. The number of carbonyl (C=O) groups is 2. The third kappa shape index (κ3) is 4.14. The number of fused-ring (bicyclic) bond motifs is 1. The molecule has 1 amide bonds. The lowest BCUT2D eigenvalue weighted by molar-refractivity contribution is -0.118. The Hall–Kier alpha value is -1.44. The molecule has 1 aromatic heterocycles. The van der Waals surface area contributed by atoms with E-state index in [1.165, 1.54) is 37.0 Å². The molecule has 5 aliphatic carbocycles. The summed E-state index contributed by atoms with van der Waals surface area (Å²) in [4.78, 5) is 31.8. The molecule has 4 bridgehead atoms. The predicted octanol–water partition coefficient (Wildman–Crippen LogP) is 3.79. The molecule has 1 saturated heterocycles. The number of esters is 1. The summed E-state index contributed by atoms with van der Waals surface area (Å²) in [6.45, 7) is 6.67. The van der Waals surface area contributed by atoms with E-state index in [1.54, 1.807) is 11.3 Å². The van der Waals surface area contributed by atoms with Crippen LogP contribution in [0.25, 0.3) is 0 Å². The number of amides is 1. The average Bonchev–Trinajstić information content (AvgIpc) is 3.35. The van der Waals surface area contributed by atoms with Gasteiger partial charge in [-0.1, -0.05) is 0 Å². The van der Waals surface area contributed by atoms with Gasteiger partial charge in [-0.25, -0.2) is 4.79 Å². The fourth-order valence-corrected chi connectivity index (χ4v) is 9.29. The van der Waals surface area contributed by atoms with Gasteiger partial charge in [0.25, 0.3) is 0 Å². The molecule has 7 heteroatoms. The first kappa shape index (κ1) is 22.1. The Balaban J connectivity index is 1.04. The maximum absolute atomic E-state index is 12.9. The van der Waals surface area contributed by atoms with Gasteiger partial charge in [-0.15, -0.1) is 11.3 Å². The number of rotatable bonds is 6. The average molecular weight is 472 g/mol. The van der Waals surface area contributed by atoms with E-state index in [0.717, 1.165) is 80.7 Å². The summed E-state index contributed by atoms with van der Waals surface area (Å²) in [7, 11) is 0. The molecule has 0 aromatic carbocycles. The van der Waals surface area contributed by atoms with E-state index in [1.807, 2.05) is 6.92 Å². The number of piperazine rings is 1. The highest BCUT2D eigenvalue weighted by molar-refractivity contribution is 7.17. The first-order valence-corrected chi connectivity index (χ1v) is 14.0. The third-order valence-corrected chi connectivity index (χ3v) is 10.2. The molecular weight excluding hydrogens is 434 g/mol. The molecule has 0 atom stereocenters. The van der Waals surface area contributed by atoms with E-state index < -0.39 is 0 Å². The zero-order valence-corrected chi connectivity index (χ0v) is 20.6. The normalized spacial score (nSPS) is 33.3. The molecule has 180 valence electrons. The van der Waals surface area contributed by atoms with Crippen molar-refractivity contribution in [3.8, 4) is 0 Å². The van der Waals surface area contributed by atoms with Gasteiger partial charge < -0.3 is 10.1 Å². The molecule has 7 rings (SSSR count). The van der Waals surface area contributed by atoms with Crippen molar-refractivity contribution in [2.45, 2.75) is 64.3 Å². The van der Waals surface area contributed by atoms with Crippen molar-refractivity contribution in [1.29, 1.82) is 0 Å². The van der Waals surface area contributed by atoms with Crippen LogP contribution in [0.3, 0.4) is 0 Å². The highest BCUT2D eigenvalue weighted by Gasteiger charge is 2.50. The van der Waals surface area contributed by atoms with Crippen molar-refractivity contribution in [2.75, 3.05) is 44.6 Å². The number of aryl methyl sites for hydroxylation is 1. The lowest BCUT2D eigenvalue weighted by Crippen LogP contribution is -2.60. The summed E-state index contributed by atoms with van der Waals surface area (Å²) < 4.78 is 5.29. The molecule has 33 heavy (non-hydrogen) atoms. The SMILES string of the molecule is CCOC(=O)c1c(NC(=O)CN2CCN(C3C4CC5CC(C4)CC3C5)CC2)sc2c1CCC2. The van der Waals surface area contributed by atoms with Crippen molar-refractivity contribution in [3.63, 3.8) is 0 Å². The number of nitrogens with zero attached hydrogens (tertiary/aromatic N) is 2. The van der Waals surface area contributed by atoms with Gasteiger partial charge >= 0.3 is 5.97 Å². The van der Waals surface area contributed by atoms with E-state index in [0.29, 0.717) is 23.7 Å². The number of carbonyl (C=O) groups excluding carboxylic acids is 2. The largest absolute Gasteiger partial charge is 0.462 e. The van der Waals surface area contributed by atoms with Gasteiger partial charge in [-0.2, -0.15) is 0 Å². The Morgan fingerprint density at radius 1 is 1.00 bits per heavy atom. The van der Waals surface area contributed by atoms with Crippen LogP contribution in [0.15, 0.2) is 0 Å². The van der Waals surface area contributed by atoms with Gasteiger partial charge in [0.1, 0.15) is 5.00 Å². The zero-order chi connectivity index (χ0) is 22.5. The highest BCUT2D eigenvalue weighted by atomic mass is 32.1. The molecule has 1 N–H and O–H groups in total. The molecule has 0 radical (unpaired) electrons. The number of ether oxygens (including phenoxy) is 1. The molecule has 0 spiro atoms. The maximum Gasteiger partial charge on any atom is 0.341 e. The van der Waals surface area contributed by atoms with Gasteiger partial charge in [0.2, 0.25) is 5.91 Å². The first-order valence-electron chi connectivity index (χ1n) is 13.2. The summed E-state index contributed by atoms with van der Waals surface area (Å²) in [5, 5.41) is 3.76. The van der Waals surface area contributed by atoms with Crippen LogP contribution in [0.4, 0.5) is 5.00 Å². The minimum absolute atomic E-state index is 0.0106. The molecule has 6 nitrogen and oxygen atoms in total. The van der Waals surface area contributed by atoms with Crippen molar-refractivity contribution in [3.05, 3.63) is 16.0 Å². The lowest BCUT2D eigenvalue weighted by atomic mass is 9.54. The Kier molecular flexibility index (Phi) is 5.99. The highest BCUT2D eigenvalue weighted by Crippen LogP contribution is 2.55. The van der Waals surface area contributed by atoms with Crippen molar-refractivity contribution in [2.24, 2.45) is 23.7 Å². The Morgan fingerprint density at radius 2 is 1.70 bits per heavy atom. The van der Waals surface area contributed by atoms with Gasteiger partial charge in [0, 0.05) is 37.1 Å². The van der Waals surface area contributed by atoms with Crippen LogP contribution in [-0.2, 0) is 22.4 Å². The molecular formula is C26H37N3O3S.